The maximum Gasteiger partial charge on any atom is 0.339 e. The Labute approximate surface area is 196 Å². The lowest BCUT2D eigenvalue weighted by Crippen LogP contribution is -2.31. The van der Waals surface area contributed by atoms with Crippen LogP contribution >= 0.6 is 0 Å². The number of hydrogen-bond donors (Lipinski definition) is 0. The highest BCUT2D eigenvalue weighted by Gasteiger charge is 2.28. The molecule has 1 atom stereocenters. The molecular formula is C28H46O4. The van der Waals surface area contributed by atoms with Gasteiger partial charge in [-0.1, -0.05) is 111 Å². The molecule has 182 valence electrons. The predicted octanol–water partition coefficient (Wildman–Crippen LogP) is 8.14. The monoisotopic (exact) mass is 446 g/mol. The molecular weight excluding hydrogens is 400 g/mol. The summed E-state index contributed by atoms with van der Waals surface area (Å²) in [7, 11) is 0. The van der Waals surface area contributed by atoms with Crippen LogP contribution in [0, 0.1) is 5.41 Å². The first-order valence-electron chi connectivity index (χ1n) is 12.8. The molecule has 0 amide bonds. The summed E-state index contributed by atoms with van der Waals surface area (Å²) >= 11 is 0. The van der Waals surface area contributed by atoms with Gasteiger partial charge in [-0.2, -0.15) is 0 Å². The van der Waals surface area contributed by atoms with E-state index < -0.39 is 11.9 Å². The highest BCUT2D eigenvalue weighted by molar-refractivity contribution is 6.03. The van der Waals surface area contributed by atoms with Crippen molar-refractivity contribution in [1.82, 2.24) is 0 Å². The van der Waals surface area contributed by atoms with Crippen LogP contribution in [0.5, 0.6) is 0 Å². The normalized spacial score (nSPS) is 12.4. The second-order valence-electron chi connectivity index (χ2n) is 9.89. The van der Waals surface area contributed by atoms with Gasteiger partial charge < -0.3 is 9.47 Å². The molecule has 4 nitrogen and oxygen atoms in total. The number of hydrogen-bond acceptors (Lipinski definition) is 4. The van der Waals surface area contributed by atoms with Gasteiger partial charge in [0.05, 0.1) is 17.7 Å². The fourth-order valence-corrected chi connectivity index (χ4v) is 3.91. The maximum atomic E-state index is 12.7. The fourth-order valence-electron chi connectivity index (χ4n) is 3.91. The minimum atomic E-state index is -0.464. The van der Waals surface area contributed by atoms with Crippen molar-refractivity contribution in [2.45, 2.75) is 118 Å². The van der Waals surface area contributed by atoms with Crippen molar-refractivity contribution in [3.05, 3.63) is 35.4 Å². The number of rotatable bonds is 16. The SMILES string of the molecule is CCCCCCCCCCCCCOC(=O)c1ccccc1C(=O)OC(CC)C(C)(C)C. The van der Waals surface area contributed by atoms with E-state index >= 15 is 0 Å². The van der Waals surface area contributed by atoms with Gasteiger partial charge in [0.1, 0.15) is 6.10 Å². The second kappa shape index (κ2) is 15.9. The van der Waals surface area contributed by atoms with Gasteiger partial charge in [0.2, 0.25) is 0 Å². The minimum absolute atomic E-state index is 0.158. The summed E-state index contributed by atoms with van der Waals surface area (Å²) in [6, 6.07) is 6.76. The Morgan fingerprint density at radius 1 is 0.750 bits per heavy atom. The Morgan fingerprint density at radius 3 is 1.69 bits per heavy atom. The molecule has 1 aromatic rings. The third-order valence-corrected chi connectivity index (χ3v) is 5.93. The number of carbonyl (C=O) groups is 2. The van der Waals surface area contributed by atoms with E-state index in [0.29, 0.717) is 6.61 Å². The van der Waals surface area contributed by atoms with Crippen LogP contribution in [-0.2, 0) is 9.47 Å². The Hall–Kier alpha value is -1.84. The van der Waals surface area contributed by atoms with Crippen LogP contribution in [0.3, 0.4) is 0 Å². The molecule has 0 aliphatic heterocycles. The van der Waals surface area contributed by atoms with Crippen LogP contribution in [0.15, 0.2) is 24.3 Å². The molecule has 4 heteroatoms. The van der Waals surface area contributed by atoms with Gasteiger partial charge in [-0.3, -0.25) is 0 Å². The molecule has 0 bridgehead atoms. The molecule has 0 aliphatic rings. The smallest absolute Gasteiger partial charge is 0.339 e. The molecule has 0 heterocycles. The Bertz CT molecular complexity index is 660. The lowest BCUT2D eigenvalue weighted by molar-refractivity contribution is -0.00437. The fraction of sp³-hybridized carbons (Fsp3) is 0.714. The predicted molar refractivity (Wildman–Crippen MR) is 132 cm³/mol. The Morgan fingerprint density at radius 2 is 1.22 bits per heavy atom. The summed E-state index contributed by atoms with van der Waals surface area (Å²) in [5, 5.41) is 0. The molecule has 0 aliphatic carbocycles. The van der Waals surface area contributed by atoms with E-state index in [2.05, 4.69) is 6.92 Å². The van der Waals surface area contributed by atoms with E-state index in [1.165, 1.54) is 57.8 Å². The molecule has 1 rings (SSSR count). The standard InChI is InChI=1S/C28H46O4/c1-6-8-9-10-11-12-13-14-15-16-19-22-31-26(29)23-20-17-18-21-24(23)27(30)32-25(7-2)28(3,4)5/h17-18,20-21,25H,6-16,19,22H2,1-5H3. The van der Waals surface area contributed by atoms with Crippen molar-refractivity contribution >= 4 is 11.9 Å². The Balaban J connectivity index is 2.35. The molecule has 1 unspecified atom stereocenters. The zero-order chi connectivity index (χ0) is 23.8. The van der Waals surface area contributed by atoms with Crippen LogP contribution in [0.4, 0.5) is 0 Å². The Kier molecular flexibility index (Phi) is 14.0. The van der Waals surface area contributed by atoms with E-state index in [-0.39, 0.29) is 22.6 Å². The largest absolute Gasteiger partial charge is 0.462 e. The minimum Gasteiger partial charge on any atom is -0.462 e. The highest BCUT2D eigenvalue weighted by Crippen LogP contribution is 2.26. The van der Waals surface area contributed by atoms with Crippen molar-refractivity contribution in [2.75, 3.05) is 6.61 Å². The molecule has 0 N–H and O–H groups in total. The van der Waals surface area contributed by atoms with Crippen molar-refractivity contribution in [1.29, 1.82) is 0 Å². The van der Waals surface area contributed by atoms with Crippen molar-refractivity contribution in [2.24, 2.45) is 5.41 Å². The average Bonchev–Trinajstić information content (AvgIpc) is 2.77. The second-order valence-corrected chi connectivity index (χ2v) is 9.89. The lowest BCUT2D eigenvalue weighted by Gasteiger charge is -2.29. The summed E-state index contributed by atoms with van der Waals surface area (Å²) in [4.78, 5) is 25.3. The van der Waals surface area contributed by atoms with Crippen LogP contribution < -0.4 is 0 Å². The number of unbranched alkanes of at least 4 members (excludes halogenated alkanes) is 10. The number of ether oxygens (including phenoxy) is 2. The first kappa shape index (κ1) is 28.2. The first-order valence-corrected chi connectivity index (χ1v) is 12.8. The van der Waals surface area contributed by atoms with E-state index in [1.807, 2.05) is 27.7 Å². The molecule has 0 spiro atoms. The van der Waals surface area contributed by atoms with Crippen LogP contribution in [0.1, 0.15) is 132 Å². The highest BCUT2D eigenvalue weighted by atomic mass is 16.5. The quantitative estimate of drug-likeness (QED) is 0.190. The molecule has 0 aromatic heterocycles. The number of benzene rings is 1. The molecule has 0 saturated carbocycles. The average molecular weight is 447 g/mol. The molecule has 1 aromatic carbocycles. The van der Waals surface area contributed by atoms with Gasteiger partial charge in [0.25, 0.3) is 0 Å². The van der Waals surface area contributed by atoms with Gasteiger partial charge in [-0.25, -0.2) is 9.59 Å². The van der Waals surface area contributed by atoms with Gasteiger partial charge in [-0.05, 0) is 30.4 Å². The van der Waals surface area contributed by atoms with E-state index in [0.717, 1.165) is 19.3 Å². The third-order valence-electron chi connectivity index (χ3n) is 5.93. The van der Waals surface area contributed by atoms with Gasteiger partial charge in [0, 0.05) is 0 Å². The van der Waals surface area contributed by atoms with Crippen molar-refractivity contribution in [3.63, 3.8) is 0 Å². The summed E-state index contributed by atoms with van der Waals surface area (Å²) in [5.41, 5.74) is 0.401. The molecule has 0 fully saturated rings. The maximum absolute atomic E-state index is 12.7. The summed E-state index contributed by atoms with van der Waals surface area (Å²) in [5.74, 6) is -0.914. The zero-order valence-electron chi connectivity index (χ0n) is 21.2. The lowest BCUT2D eigenvalue weighted by atomic mass is 9.87. The van der Waals surface area contributed by atoms with Crippen molar-refractivity contribution < 1.29 is 19.1 Å². The summed E-state index contributed by atoms with van der Waals surface area (Å²) in [6.07, 6.45) is 14.3. The number of carbonyl (C=O) groups excluding carboxylic acids is 2. The van der Waals surface area contributed by atoms with Crippen LogP contribution in [0.25, 0.3) is 0 Å². The van der Waals surface area contributed by atoms with E-state index in [9.17, 15) is 9.59 Å². The molecule has 0 saturated heterocycles. The van der Waals surface area contributed by atoms with E-state index in [1.54, 1.807) is 24.3 Å². The zero-order valence-corrected chi connectivity index (χ0v) is 21.2. The molecule has 0 radical (unpaired) electrons. The van der Waals surface area contributed by atoms with Gasteiger partial charge in [-0.15, -0.1) is 0 Å². The first-order chi connectivity index (χ1) is 15.3. The van der Waals surface area contributed by atoms with Crippen LogP contribution in [-0.4, -0.2) is 24.6 Å². The van der Waals surface area contributed by atoms with Gasteiger partial charge >= 0.3 is 11.9 Å². The van der Waals surface area contributed by atoms with E-state index in [4.69, 9.17) is 9.47 Å². The molecule has 32 heavy (non-hydrogen) atoms. The summed E-state index contributed by atoms with van der Waals surface area (Å²) in [6.45, 7) is 10.8. The summed E-state index contributed by atoms with van der Waals surface area (Å²) < 4.78 is 11.2. The topological polar surface area (TPSA) is 52.6 Å². The van der Waals surface area contributed by atoms with Crippen molar-refractivity contribution in [3.8, 4) is 0 Å². The van der Waals surface area contributed by atoms with Crippen LogP contribution in [0.2, 0.25) is 0 Å². The van der Waals surface area contributed by atoms with Gasteiger partial charge in [0.15, 0.2) is 0 Å². The number of esters is 2. The third kappa shape index (κ3) is 11.2.